The molecule has 0 spiro atoms. The summed E-state index contributed by atoms with van der Waals surface area (Å²) in [5, 5.41) is 0. The second-order valence-corrected chi connectivity index (χ2v) is 2.74. The van der Waals surface area contributed by atoms with Crippen LogP contribution in [0.4, 0.5) is 0 Å². The normalized spacial score (nSPS) is 13.3. The summed E-state index contributed by atoms with van der Waals surface area (Å²) in [6, 6.07) is 0.155. The van der Waals surface area contributed by atoms with Gasteiger partial charge in [0.2, 0.25) is 5.91 Å². The molecule has 0 saturated heterocycles. The highest BCUT2D eigenvalue weighted by atomic mass is 16.2. The predicted molar refractivity (Wildman–Crippen MR) is 51.6 cm³/mol. The van der Waals surface area contributed by atoms with Crippen molar-refractivity contribution in [1.82, 2.24) is 4.90 Å². The average Bonchev–Trinajstić information content (AvgIpc) is 2.11. The summed E-state index contributed by atoms with van der Waals surface area (Å²) in [5.41, 5.74) is 0. The van der Waals surface area contributed by atoms with Gasteiger partial charge >= 0.3 is 0 Å². The Morgan fingerprint density at radius 1 is 1.58 bits per heavy atom. The van der Waals surface area contributed by atoms with E-state index in [1.54, 1.807) is 11.9 Å². The molecule has 0 rings (SSSR count). The fourth-order valence-corrected chi connectivity index (χ4v) is 1.09. The molecule has 12 heavy (non-hydrogen) atoms. The minimum absolute atomic E-state index is 0.155. The first-order valence-electron chi connectivity index (χ1n) is 4.35. The van der Waals surface area contributed by atoms with E-state index in [0.29, 0.717) is 6.42 Å². The van der Waals surface area contributed by atoms with Crippen molar-refractivity contribution in [2.45, 2.75) is 32.7 Å². The summed E-state index contributed by atoms with van der Waals surface area (Å²) in [5.74, 6) is 0.168. The average molecular weight is 170 g/mol. The molecule has 3 heteroatoms. The molecule has 70 valence electrons. The highest BCUT2D eigenvalue weighted by molar-refractivity contribution is 5.80. The fourth-order valence-electron chi connectivity index (χ4n) is 1.09. The van der Waals surface area contributed by atoms with Gasteiger partial charge in [0.05, 0.1) is 6.04 Å². The minimum Gasteiger partial charge on any atom is -0.338 e. The number of hydrogen-bond donors (Lipinski definition) is 0. The third kappa shape index (κ3) is 3.03. The molecule has 0 fully saturated rings. The fraction of sp³-hybridized carbons (Fsp3) is 0.778. The van der Waals surface area contributed by atoms with Gasteiger partial charge < -0.3 is 4.90 Å². The molecule has 0 radical (unpaired) electrons. The van der Waals surface area contributed by atoms with E-state index < -0.39 is 0 Å². The maximum Gasteiger partial charge on any atom is 0.222 e. The van der Waals surface area contributed by atoms with Gasteiger partial charge in [-0.05, 0) is 6.42 Å². The van der Waals surface area contributed by atoms with Crippen LogP contribution in [0.2, 0.25) is 0 Å². The Balaban J connectivity index is 4.20. The van der Waals surface area contributed by atoms with Crippen molar-refractivity contribution in [3.05, 3.63) is 0 Å². The monoisotopic (exact) mass is 170 g/mol. The topological polar surface area (TPSA) is 32.7 Å². The molecule has 0 N–H and O–H groups in total. The number of nitrogens with zero attached hydrogens (tertiary/aromatic N) is 2. The molecular formula is C9H18N2O. The number of amides is 1. The SMILES string of the molecule is CCC(=O)N(C)C(C=NC)CC. The van der Waals surface area contributed by atoms with Gasteiger partial charge in [-0.3, -0.25) is 9.79 Å². The van der Waals surface area contributed by atoms with Gasteiger partial charge in [-0.1, -0.05) is 13.8 Å². The largest absolute Gasteiger partial charge is 0.338 e. The van der Waals surface area contributed by atoms with E-state index in [1.807, 2.05) is 27.1 Å². The van der Waals surface area contributed by atoms with Gasteiger partial charge in [0, 0.05) is 26.7 Å². The summed E-state index contributed by atoms with van der Waals surface area (Å²) in [6.07, 6.45) is 3.29. The van der Waals surface area contributed by atoms with Gasteiger partial charge in [0.25, 0.3) is 0 Å². The molecule has 1 amide bonds. The Hall–Kier alpha value is -0.860. The Labute approximate surface area is 74.5 Å². The molecule has 0 aliphatic carbocycles. The van der Waals surface area contributed by atoms with E-state index in [1.165, 1.54) is 0 Å². The Morgan fingerprint density at radius 2 is 2.17 bits per heavy atom. The molecule has 0 aromatic carbocycles. The van der Waals surface area contributed by atoms with Crippen LogP contribution in [0.25, 0.3) is 0 Å². The molecule has 1 unspecified atom stereocenters. The lowest BCUT2D eigenvalue weighted by molar-refractivity contribution is -0.130. The zero-order chi connectivity index (χ0) is 9.56. The summed E-state index contributed by atoms with van der Waals surface area (Å²) in [7, 11) is 3.55. The standard InChI is InChI=1S/C9H18N2O/c1-5-8(7-10-3)11(4)9(12)6-2/h7-8H,5-6H2,1-4H3. The van der Waals surface area contributed by atoms with Gasteiger partial charge in [0.1, 0.15) is 0 Å². The van der Waals surface area contributed by atoms with E-state index in [-0.39, 0.29) is 11.9 Å². The number of carbonyl (C=O) groups excluding carboxylic acids is 1. The zero-order valence-corrected chi connectivity index (χ0v) is 8.37. The first kappa shape index (κ1) is 11.1. The highest BCUT2D eigenvalue weighted by Gasteiger charge is 2.13. The second-order valence-electron chi connectivity index (χ2n) is 2.74. The van der Waals surface area contributed by atoms with Crippen LogP contribution in [-0.4, -0.2) is 37.2 Å². The summed E-state index contributed by atoms with van der Waals surface area (Å²) in [4.78, 5) is 16.9. The smallest absolute Gasteiger partial charge is 0.222 e. The zero-order valence-electron chi connectivity index (χ0n) is 8.37. The van der Waals surface area contributed by atoms with E-state index in [2.05, 4.69) is 4.99 Å². The Bertz CT molecular complexity index is 166. The van der Waals surface area contributed by atoms with Crippen LogP contribution >= 0.6 is 0 Å². The van der Waals surface area contributed by atoms with Crippen LogP contribution in [0.3, 0.4) is 0 Å². The predicted octanol–water partition coefficient (Wildman–Crippen LogP) is 1.33. The number of carbonyl (C=O) groups is 1. The van der Waals surface area contributed by atoms with Crippen molar-refractivity contribution in [3.63, 3.8) is 0 Å². The lowest BCUT2D eigenvalue weighted by atomic mass is 10.2. The maximum atomic E-state index is 11.3. The van der Waals surface area contributed by atoms with Crippen molar-refractivity contribution in [3.8, 4) is 0 Å². The molecule has 3 nitrogen and oxygen atoms in total. The van der Waals surface area contributed by atoms with Crippen LogP contribution in [-0.2, 0) is 4.79 Å². The first-order valence-corrected chi connectivity index (χ1v) is 4.35. The summed E-state index contributed by atoms with van der Waals surface area (Å²) < 4.78 is 0. The molecule has 1 atom stereocenters. The quantitative estimate of drug-likeness (QED) is 0.586. The minimum atomic E-state index is 0.155. The third-order valence-electron chi connectivity index (χ3n) is 1.93. The van der Waals surface area contributed by atoms with Crippen LogP contribution in [0.1, 0.15) is 26.7 Å². The summed E-state index contributed by atoms with van der Waals surface area (Å²) >= 11 is 0. The Morgan fingerprint density at radius 3 is 2.50 bits per heavy atom. The van der Waals surface area contributed by atoms with Gasteiger partial charge in [0.15, 0.2) is 0 Å². The molecule has 0 aromatic rings. The molecule has 0 aliphatic rings. The van der Waals surface area contributed by atoms with Crippen LogP contribution < -0.4 is 0 Å². The third-order valence-corrected chi connectivity index (χ3v) is 1.93. The first-order chi connectivity index (χ1) is 5.67. The van der Waals surface area contributed by atoms with E-state index in [4.69, 9.17) is 0 Å². The maximum absolute atomic E-state index is 11.3. The van der Waals surface area contributed by atoms with Gasteiger partial charge in [-0.25, -0.2) is 0 Å². The number of aliphatic imine (C=N–C) groups is 1. The molecule has 0 aromatic heterocycles. The van der Waals surface area contributed by atoms with Crippen molar-refractivity contribution in [2.75, 3.05) is 14.1 Å². The van der Waals surface area contributed by atoms with Gasteiger partial charge in [-0.2, -0.15) is 0 Å². The highest BCUT2D eigenvalue weighted by Crippen LogP contribution is 2.01. The number of hydrogen-bond acceptors (Lipinski definition) is 2. The molecule has 0 bridgehead atoms. The Kier molecular flexibility index (Phi) is 5.34. The van der Waals surface area contributed by atoms with Crippen molar-refractivity contribution in [2.24, 2.45) is 4.99 Å². The van der Waals surface area contributed by atoms with E-state index in [0.717, 1.165) is 6.42 Å². The van der Waals surface area contributed by atoms with E-state index in [9.17, 15) is 4.79 Å². The molecular weight excluding hydrogens is 152 g/mol. The molecule has 0 saturated carbocycles. The second kappa shape index (κ2) is 5.75. The molecule has 0 aliphatic heterocycles. The van der Waals surface area contributed by atoms with Crippen molar-refractivity contribution in [1.29, 1.82) is 0 Å². The van der Waals surface area contributed by atoms with Crippen LogP contribution in [0, 0.1) is 0 Å². The van der Waals surface area contributed by atoms with Crippen LogP contribution in [0.15, 0.2) is 4.99 Å². The lowest BCUT2D eigenvalue weighted by Gasteiger charge is -2.23. The molecule has 0 heterocycles. The van der Waals surface area contributed by atoms with Crippen LogP contribution in [0.5, 0.6) is 0 Å². The van der Waals surface area contributed by atoms with Gasteiger partial charge in [-0.15, -0.1) is 0 Å². The van der Waals surface area contributed by atoms with Crippen molar-refractivity contribution < 1.29 is 4.79 Å². The lowest BCUT2D eigenvalue weighted by Crippen LogP contribution is -2.37. The van der Waals surface area contributed by atoms with E-state index >= 15 is 0 Å². The van der Waals surface area contributed by atoms with Crippen molar-refractivity contribution >= 4 is 12.1 Å². The number of rotatable bonds is 4. The summed E-state index contributed by atoms with van der Waals surface area (Å²) in [6.45, 7) is 3.92.